The normalized spacial score (nSPS) is 13.9. The van der Waals surface area contributed by atoms with Crippen LogP contribution in [0, 0.1) is 0 Å². The fourth-order valence-electron chi connectivity index (χ4n) is 3.50. The van der Waals surface area contributed by atoms with Gasteiger partial charge in [-0.15, -0.1) is 0 Å². The van der Waals surface area contributed by atoms with Crippen LogP contribution in [0.2, 0.25) is 0 Å². The number of aryl methyl sites for hydroxylation is 3. The standard InChI is InChI=1S/C22H25N3O3/c1-3-25-12-11-20(24-25)15(2)23-22(26)21-10-9-19(28-21)14-27-18-8-7-16-5-4-6-17(16)13-18/h7-13,15H,3-6,14H2,1-2H3,(H,23,26). The number of furan rings is 1. The predicted octanol–water partition coefficient (Wildman–Crippen LogP) is 4.05. The molecule has 2 aromatic heterocycles. The van der Waals surface area contributed by atoms with E-state index in [9.17, 15) is 4.79 Å². The summed E-state index contributed by atoms with van der Waals surface area (Å²) in [5.41, 5.74) is 3.61. The van der Waals surface area contributed by atoms with Crippen LogP contribution in [0.4, 0.5) is 0 Å². The third-order valence-corrected chi connectivity index (χ3v) is 5.11. The molecule has 0 saturated heterocycles. The molecular weight excluding hydrogens is 354 g/mol. The van der Waals surface area contributed by atoms with Gasteiger partial charge in [0, 0.05) is 12.7 Å². The van der Waals surface area contributed by atoms with Gasteiger partial charge in [0.05, 0.1) is 11.7 Å². The van der Waals surface area contributed by atoms with E-state index in [1.165, 1.54) is 17.5 Å². The Bertz CT molecular complexity index is 973. The Morgan fingerprint density at radius 2 is 2.11 bits per heavy atom. The zero-order chi connectivity index (χ0) is 19.5. The highest BCUT2D eigenvalue weighted by Crippen LogP contribution is 2.26. The third-order valence-electron chi connectivity index (χ3n) is 5.11. The maximum atomic E-state index is 12.4. The summed E-state index contributed by atoms with van der Waals surface area (Å²) in [7, 11) is 0. The molecule has 1 N–H and O–H groups in total. The van der Waals surface area contributed by atoms with Crippen molar-refractivity contribution in [1.29, 1.82) is 0 Å². The molecule has 0 radical (unpaired) electrons. The van der Waals surface area contributed by atoms with Gasteiger partial charge >= 0.3 is 0 Å². The van der Waals surface area contributed by atoms with Crippen LogP contribution in [0.5, 0.6) is 5.75 Å². The molecule has 1 atom stereocenters. The van der Waals surface area contributed by atoms with Gasteiger partial charge in [0.25, 0.3) is 5.91 Å². The molecule has 2 heterocycles. The van der Waals surface area contributed by atoms with Crippen LogP contribution in [-0.2, 0) is 26.0 Å². The van der Waals surface area contributed by atoms with Gasteiger partial charge in [-0.05, 0) is 74.6 Å². The number of carbonyl (C=O) groups is 1. The molecule has 28 heavy (non-hydrogen) atoms. The molecule has 4 rings (SSSR count). The summed E-state index contributed by atoms with van der Waals surface area (Å²) in [6.07, 6.45) is 5.39. The van der Waals surface area contributed by atoms with Crippen molar-refractivity contribution in [1.82, 2.24) is 15.1 Å². The predicted molar refractivity (Wildman–Crippen MR) is 105 cm³/mol. The second-order valence-corrected chi connectivity index (χ2v) is 7.13. The van der Waals surface area contributed by atoms with Gasteiger partial charge in [-0.1, -0.05) is 6.07 Å². The number of carbonyl (C=O) groups excluding carboxylic acids is 1. The van der Waals surface area contributed by atoms with E-state index < -0.39 is 0 Å². The monoisotopic (exact) mass is 379 g/mol. The smallest absolute Gasteiger partial charge is 0.287 e. The van der Waals surface area contributed by atoms with Crippen molar-refractivity contribution >= 4 is 5.91 Å². The molecule has 0 aliphatic heterocycles. The SMILES string of the molecule is CCn1ccc(C(C)NC(=O)c2ccc(COc3ccc4c(c3)CCC4)o2)n1. The summed E-state index contributed by atoms with van der Waals surface area (Å²) >= 11 is 0. The summed E-state index contributed by atoms with van der Waals surface area (Å²) in [6, 6.07) is 11.4. The van der Waals surface area contributed by atoms with Crippen LogP contribution < -0.4 is 10.1 Å². The van der Waals surface area contributed by atoms with Gasteiger partial charge in [0.15, 0.2) is 5.76 Å². The first-order valence-electron chi connectivity index (χ1n) is 9.80. The van der Waals surface area contributed by atoms with Gasteiger partial charge in [-0.25, -0.2) is 0 Å². The number of ether oxygens (including phenoxy) is 1. The molecule has 0 saturated carbocycles. The topological polar surface area (TPSA) is 69.3 Å². The highest BCUT2D eigenvalue weighted by atomic mass is 16.5. The van der Waals surface area contributed by atoms with Crippen molar-refractivity contribution in [3.63, 3.8) is 0 Å². The Morgan fingerprint density at radius 3 is 2.93 bits per heavy atom. The Kier molecular flexibility index (Phi) is 5.19. The largest absolute Gasteiger partial charge is 0.486 e. The molecular formula is C22H25N3O3. The molecule has 0 spiro atoms. The Hall–Kier alpha value is -3.02. The van der Waals surface area contributed by atoms with Crippen LogP contribution in [0.25, 0.3) is 0 Å². The first kappa shape index (κ1) is 18.3. The van der Waals surface area contributed by atoms with E-state index in [-0.39, 0.29) is 17.7 Å². The lowest BCUT2D eigenvalue weighted by Crippen LogP contribution is -2.26. The number of nitrogens with zero attached hydrogens (tertiary/aromatic N) is 2. The molecule has 1 unspecified atom stereocenters. The second-order valence-electron chi connectivity index (χ2n) is 7.13. The minimum atomic E-state index is -0.262. The van der Waals surface area contributed by atoms with Crippen molar-refractivity contribution in [3.05, 3.63) is 70.9 Å². The van der Waals surface area contributed by atoms with E-state index in [1.54, 1.807) is 12.1 Å². The van der Waals surface area contributed by atoms with Crippen LogP contribution in [-0.4, -0.2) is 15.7 Å². The molecule has 0 fully saturated rings. The van der Waals surface area contributed by atoms with Crippen molar-refractivity contribution < 1.29 is 13.9 Å². The van der Waals surface area contributed by atoms with Gasteiger partial charge in [-0.2, -0.15) is 5.10 Å². The number of rotatable bonds is 7. The lowest BCUT2D eigenvalue weighted by Gasteiger charge is -2.10. The van der Waals surface area contributed by atoms with Crippen molar-refractivity contribution in [2.24, 2.45) is 0 Å². The average Bonchev–Trinajstić information content (AvgIpc) is 3.46. The lowest BCUT2D eigenvalue weighted by atomic mass is 10.1. The highest BCUT2D eigenvalue weighted by molar-refractivity contribution is 5.91. The van der Waals surface area contributed by atoms with Gasteiger partial charge in [0.2, 0.25) is 0 Å². The molecule has 1 amide bonds. The summed E-state index contributed by atoms with van der Waals surface area (Å²) in [5, 5.41) is 7.34. The summed E-state index contributed by atoms with van der Waals surface area (Å²) < 4.78 is 13.3. The van der Waals surface area contributed by atoms with E-state index in [4.69, 9.17) is 9.15 Å². The van der Waals surface area contributed by atoms with Crippen LogP contribution in [0.1, 0.15) is 59.4 Å². The lowest BCUT2D eigenvalue weighted by molar-refractivity contribution is 0.0907. The van der Waals surface area contributed by atoms with E-state index in [0.717, 1.165) is 30.8 Å². The first-order chi connectivity index (χ1) is 13.6. The fraction of sp³-hybridized carbons (Fsp3) is 0.364. The van der Waals surface area contributed by atoms with E-state index >= 15 is 0 Å². The Morgan fingerprint density at radius 1 is 1.25 bits per heavy atom. The molecule has 1 aromatic carbocycles. The Labute approximate surface area is 164 Å². The number of amides is 1. The molecule has 0 bridgehead atoms. The molecule has 6 heteroatoms. The van der Waals surface area contributed by atoms with Crippen LogP contribution >= 0.6 is 0 Å². The first-order valence-corrected chi connectivity index (χ1v) is 9.80. The zero-order valence-corrected chi connectivity index (χ0v) is 16.3. The van der Waals surface area contributed by atoms with Crippen molar-refractivity contribution in [3.8, 4) is 5.75 Å². The minimum Gasteiger partial charge on any atom is -0.486 e. The number of hydrogen-bond acceptors (Lipinski definition) is 4. The van der Waals surface area contributed by atoms with E-state index in [0.29, 0.717) is 12.4 Å². The number of fused-ring (bicyclic) bond motifs is 1. The quantitative estimate of drug-likeness (QED) is 0.672. The molecule has 3 aromatic rings. The average molecular weight is 379 g/mol. The maximum absolute atomic E-state index is 12.4. The summed E-state index contributed by atoms with van der Waals surface area (Å²) in [5.74, 6) is 1.47. The number of hydrogen-bond donors (Lipinski definition) is 1. The van der Waals surface area contributed by atoms with Gasteiger partial charge in [0.1, 0.15) is 18.1 Å². The van der Waals surface area contributed by atoms with Gasteiger partial charge < -0.3 is 14.5 Å². The number of aromatic nitrogens is 2. The highest BCUT2D eigenvalue weighted by Gasteiger charge is 2.17. The van der Waals surface area contributed by atoms with Crippen molar-refractivity contribution in [2.45, 2.75) is 52.3 Å². The summed E-state index contributed by atoms with van der Waals surface area (Å²) in [4.78, 5) is 12.4. The summed E-state index contributed by atoms with van der Waals surface area (Å²) in [6.45, 7) is 5.02. The zero-order valence-electron chi connectivity index (χ0n) is 16.3. The van der Waals surface area contributed by atoms with E-state index in [1.807, 2.05) is 36.9 Å². The van der Waals surface area contributed by atoms with Crippen molar-refractivity contribution in [2.75, 3.05) is 0 Å². The number of benzene rings is 1. The molecule has 6 nitrogen and oxygen atoms in total. The molecule has 146 valence electrons. The second kappa shape index (κ2) is 7.92. The Balaban J connectivity index is 1.33. The number of nitrogens with one attached hydrogen (secondary N) is 1. The van der Waals surface area contributed by atoms with Crippen LogP contribution in [0.15, 0.2) is 47.0 Å². The van der Waals surface area contributed by atoms with E-state index in [2.05, 4.69) is 22.5 Å². The third kappa shape index (κ3) is 3.96. The van der Waals surface area contributed by atoms with Crippen LogP contribution in [0.3, 0.4) is 0 Å². The maximum Gasteiger partial charge on any atom is 0.287 e. The fourth-order valence-corrected chi connectivity index (χ4v) is 3.50. The minimum absolute atomic E-state index is 0.198. The van der Waals surface area contributed by atoms with Gasteiger partial charge in [-0.3, -0.25) is 9.48 Å². The molecule has 1 aliphatic rings. The molecule has 1 aliphatic carbocycles.